The van der Waals surface area contributed by atoms with Gasteiger partial charge >= 0.3 is 0 Å². The summed E-state index contributed by atoms with van der Waals surface area (Å²) < 4.78 is 26.9. The molecule has 0 bridgehead atoms. The molecule has 0 radical (unpaired) electrons. The van der Waals surface area contributed by atoms with E-state index < -0.39 is 10.0 Å². The first-order valence-electron chi connectivity index (χ1n) is 6.32. The Morgan fingerprint density at radius 1 is 1.26 bits per heavy atom. The zero-order valence-corrected chi connectivity index (χ0v) is 13.3. The summed E-state index contributed by atoms with van der Waals surface area (Å²) in [4.78, 5) is 0.157. The van der Waals surface area contributed by atoms with E-state index in [9.17, 15) is 8.42 Å². The SMILES string of the molecule is Cc1c(Cl)ccc(S(=O)(=O)N2CCCCC2C)c1Cl. The van der Waals surface area contributed by atoms with Gasteiger partial charge < -0.3 is 0 Å². The molecule has 2 rings (SSSR count). The maximum absolute atomic E-state index is 12.7. The van der Waals surface area contributed by atoms with Crippen LogP contribution in [0.3, 0.4) is 0 Å². The molecule has 6 heteroatoms. The Morgan fingerprint density at radius 3 is 2.58 bits per heavy atom. The van der Waals surface area contributed by atoms with E-state index in [0.717, 1.165) is 19.3 Å². The summed E-state index contributed by atoms with van der Waals surface area (Å²) in [6, 6.07) is 3.10. The third-order valence-corrected chi connectivity index (χ3v) is 6.68. The topological polar surface area (TPSA) is 37.4 Å². The van der Waals surface area contributed by atoms with Crippen LogP contribution in [0, 0.1) is 6.92 Å². The van der Waals surface area contributed by atoms with Crippen molar-refractivity contribution in [2.24, 2.45) is 0 Å². The average molecular weight is 322 g/mol. The van der Waals surface area contributed by atoms with E-state index >= 15 is 0 Å². The Balaban J connectivity index is 2.48. The molecule has 1 heterocycles. The second-order valence-electron chi connectivity index (χ2n) is 4.95. The number of nitrogens with zero attached hydrogens (tertiary/aromatic N) is 1. The van der Waals surface area contributed by atoms with Crippen LogP contribution in [-0.2, 0) is 10.0 Å². The van der Waals surface area contributed by atoms with Crippen LogP contribution in [0.15, 0.2) is 17.0 Å². The van der Waals surface area contributed by atoms with E-state index in [-0.39, 0.29) is 16.0 Å². The average Bonchev–Trinajstić information content (AvgIpc) is 2.36. The number of benzene rings is 1. The molecule has 1 atom stereocenters. The highest BCUT2D eigenvalue weighted by Gasteiger charge is 2.32. The summed E-state index contributed by atoms with van der Waals surface area (Å²) in [5.41, 5.74) is 0.606. The lowest BCUT2D eigenvalue weighted by Gasteiger charge is -2.32. The van der Waals surface area contributed by atoms with Gasteiger partial charge in [-0.1, -0.05) is 29.6 Å². The third kappa shape index (κ3) is 2.77. The second-order valence-corrected chi connectivity index (χ2v) is 7.59. The first-order chi connectivity index (χ1) is 8.85. The molecule has 19 heavy (non-hydrogen) atoms. The molecule has 1 aliphatic rings. The quantitative estimate of drug-likeness (QED) is 0.829. The summed E-state index contributed by atoms with van der Waals surface area (Å²) in [6.45, 7) is 4.22. The number of rotatable bonds is 2. The van der Waals surface area contributed by atoms with Crippen LogP contribution in [0.4, 0.5) is 0 Å². The van der Waals surface area contributed by atoms with Gasteiger partial charge in [0, 0.05) is 17.6 Å². The Labute approximate surface area is 124 Å². The summed E-state index contributed by atoms with van der Waals surface area (Å²) in [5, 5.41) is 0.709. The molecule has 1 aromatic rings. The Morgan fingerprint density at radius 2 is 1.95 bits per heavy atom. The molecule has 0 aliphatic carbocycles. The lowest BCUT2D eigenvalue weighted by molar-refractivity contribution is 0.268. The van der Waals surface area contributed by atoms with Gasteiger partial charge in [0.25, 0.3) is 0 Å². The van der Waals surface area contributed by atoms with Gasteiger partial charge in [0.1, 0.15) is 4.90 Å². The van der Waals surface area contributed by atoms with Crippen molar-refractivity contribution in [2.45, 2.75) is 44.0 Å². The molecule has 0 aromatic heterocycles. The lowest BCUT2D eigenvalue weighted by Crippen LogP contribution is -2.42. The van der Waals surface area contributed by atoms with Crippen molar-refractivity contribution in [1.29, 1.82) is 0 Å². The molecular weight excluding hydrogens is 305 g/mol. The molecular formula is C13H17Cl2NO2S. The van der Waals surface area contributed by atoms with Crippen molar-refractivity contribution in [3.05, 3.63) is 27.7 Å². The predicted molar refractivity (Wildman–Crippen MR) is 78.4 cm³/mol. The van der Waals surface area contributed by atoms with E-state index in [1.807, 2.05) is 6.92 Å². The molecule has 1 saturated heterocycles. The minimum absolute atomic E-state index is 0.0193. The van der Waals surface area contributed by atoms with Gasteiger partial charge in [-0.05, 0) is 44.4 Å². The van der Waals surface area contributed by atoms with Crippen molar-refractivity contribution in [2.75, 3.05) is 6.54 Å². The molecule has 1 unspecified atom stereocenters. The first-order valence-corrected chi connectivity index (χ1v) is 8.51. The molecule has 0 amide bonds. The smallest absolute Gasteiger partial charge is 0.207 e. The highest BCUT2D eigenvalue weighted by atomic mass is 35.5. The molecule has 106 valence electrons. The number of halogens is 2. The molecule has 3 nitrogen and oxygen atoms in total. The van der Waals surface area contributed by atoms with Crippen molar-refractivity contribution >= 4 is 33.2 Å². The largest absolute Gasteiger partial charge is 0.244 e. The molecule has 0 spiro atoms. The van der Waals surface area contributed by atoms with Crippen molar-refractivity contribution in [1.82, 2.24) is 4.31 Å². The maximum Gasteiger partial charge on any atom is 0.244 e. The molecule has 1 aliphatic heterocycles. The first kappa shape index (κ1) is 15.1. The Bertz CT molecular complexity index is 587. The predicted octanol–water partition coefficient (Wildman–Crippen LogP) is 3.86. The minimum Gasteiger partial charge on any atom is -0.207 e. The fourth-order valence-electron chi connectivity index (χ4n) is 2.39. The van der Waals surface area contributed by atoms with Crippen LogP contribution in [0.1, 0.15) is 31.7 Å². The van der Waals surface area contributed by atoms with Gasteiger partial charge in [-0.25, -0.2) is 8.42 Å². The van der Waals surface area contributed by atoms with Crippen molar-refractivity contribution in [3.63, 3.8) is 0 Å². The summed E-state index contributed by atoms with van der Waals surface area (Å²) in [5.74, 6) is 0. The summed E-state index contributed by atoms with van der Waals surface area (Å²) in [6.07, 6.45) is 2.86. The number of hydrogen-bond donors (Lipinski definition) is 0. The van der Waals surface area contributed by atoms with Gasteiger partial charge in [-0.3, -0.25) is 0 Å². The van der Waals surface area contributed by atoms with Crippen molar-refractivity contribution < 1.29 is 8.42 Å². The zero-order chi connectivity index (χ0) is 14.2. The van der Waals surface area contributed by atoms with Crippen LogP contribution in [0.2, 0.25) is 10.0 Å². The highest BCUT2D eigenvalue weighted by Crippen LogP contribution is 2.34. The van der Waals surface area contributed by atoms with E-state index in [0.29, 0.717) is 17.1 Å². The lowest BCUT2D eigenvalue weighted by atomic mass is 10.1. The van der Waals surface area contributed by atoms with Crippen LogP contribution in [0.5, 0.6) is 0 Å². The number of piperidine rings is 1. The van der Waals surface area contributed by atoms with Crippen LogP contribution >= 0.6 is 23.2 Å². The van der Waals surface area contributed by atoms with E-state index in [1.165, 1.54) is 6.07 Å². The Kier molecular flexibility index (Phi) is 4.45. The van der Waals surface area contributed by atoms with Crippen LogP contribution in [0.25, 0.3) is 0 Å². The standard InChI is InChI=1S/C13H17Cl2NO2S/c1-9-5-3-4-8-16(9)19(17,18)12-7-6-11(14)10(2)13(12)15/h6-7,9H,3-5,8H2,1-2H3. The molecule has 1 aromatic carbocycles. The number of hydrogen-bond acceptors (Lipinski definition) is 2. The van der Waals surface area contributed by atoms with E-state index in [1.54, 1.807) is 17.3 Å². The number of sulfonamides is 1. The van der Waals surface area contributed by atoms with Crippen LogP contribution in [-0.4, -0.2) is 25.3 Å². The van der Waals surface area contributed by atoms with Crippen LogP contribution < -0.4 is 0 Å². The second kappa shape index (κ2) is 5.60. The van der Waals surface area contributed by atoms with E-state index in [4.69, 9.17) is 23.2 Å². The summed E-state index contributed by atoms with van der Waals surface area (Å²) >= 11 is 12.1. The molecule has 0 saturated carbocycles. The molecule has 1 fully saturated rings. The van der Waals surface area contributed by atoms with Gasteiger partial charge in [0.15, 0.2) is 0 Å². The van der Waals surface area contributed by atoms with Gasteiger partial charge in [-0.15, -0.1) is 0 Å². The monoisotopic (exact) mass is 321 g/mol. The zero-order valence-electron chi connectivity index (χ0n) is 11.0. The Hall–Kier alpha value is -0.290. The van der Waals surface area contributed by atoms with Gasteiger partial charge in [-0.2, -0.15) is 4.31 Å². The fourth-order valence-corrected chi connectivity index (χ4v) is 4.88. The van der Waals surface area contributed by atoms with Gasteiger partial charge in [0.2, 0.25) is 10.0 Å². The fraction of sp³-hybridized carbons (Fsp3) is 0.538. The minimum atomic E-state index is -3.54. The van der Waals surface area contributed by atoms with Gasteiger partial charge in [0.05, 0.1) is 5.02 Å². The molecule has 0 N–H and O–H groups in total. The highest BCUT2D eigenvalue weighted by molar-refractivity contribution is 7.89. The van der Waals surface area contributed by atoms with E-state index in [2.05, 4.69) is 0 Å². The summed E-state index contributed by atoms with van der Waals surface area (Å²) in [7, 11) is -3.54. The van der Waals surface area contributed by atoms with Crippen molar-refractivity contribution in [3.8, 4) is 0 Å². The normalized spacial score (nSPS) is 21.6. The third-order valence-electron chi connectivity index (χ3n) is 3.61. The maximum atomic E-state index is 12.7.